The third kappa shape index (κ3) is 5.00. The van der Waals surface area contributed by atoms with Crippen molar-refractivity contribution in [1.29, 1.82) is 0 Å². The van der Waals surface area contributed by atoms with Crippen LogP contribution in [0.3, 0.4) is 0 Å². The van der Waals surface area contributed by atoms with Crippen molar-refractivity contribution in [3.8, 4) is 0 Å². The van der Waals surface area contributed by atoms with Gasteiger partial charge in [0.2, 0.25) is 0 Å². The van der Waals surface area contributed by atoms with Gasteiger partial charge in [0.05, 0.1) is 7.11 Å². The van der Waals surface area contributed by atoms with E-state index in [0.29, 0.717) is 6.42 Å². The predicted molar refractivity (Wildman–Crippen MR) is 68.9 cm³/mol. The second-order valence-electron chi connectivity index (χ2n) is 4.29. The first kappa shape index (κ1) is 13.7. The maximum Gasteiger partial charge on any atom is 0.305 e. The molecule has 0 radical (unpaired) electrons. The van der Waals surface area contributed by atoms with Crippen molar-refractivity contribution < 1.29 is 9.53 Å². The number of ether oxygens (including phenoxy) is 1. The molecule has 0 aliphatic heterocycles. The van der Waals surface area contributed by atoms with Crippen LogP contribution in [-0.4, -0.2) is 19.6 Å². The number of nitrogens with one attached hydrogen (secondary N) is 1. The van der Waals surface area contributed by atoms with E-state index in [2.05, 4.69) is 42.1 Å². The smallest absolute Gasteiger partial charge is 0.305 e. The number of hydrogen-bond acceptors (Lipinski definition) is 3. The predicted octanol–water partition coefficient (Wildman–Crippen LogP) is 2.35. The Morgan fingerprint density at radius 3 is 2.76 bits per heavy atom. The Balaban J connectivity index is 2.24. The zero-order chi connectivity index (χ0) is 12.7. The Morgan fingerprint density at radius 2 is 2.12 bits per heavy atom. The van der Waals surface area contributed by atoms with E-state index in [4.69, 9.17) is 0 Å². The van der Waals surface area contributed by atoms with E-state index in [0.717, 1.165) is 19.5 Å². The molecule has 1 rings (SSSR count). The zero-order valence-electron chi connectivity index (χ0n) is 10.9. The van der Waals surface area contributed by atoms with Crippen LogP contribution in [0.1, 0.15) is 29.5 Å². The van der Waals surface area contributed by atoms with Crippen molar-refractivity contribution in [3.05, 3.63) is 34.9 Å². The fourth-order valence-electron chi connectivity index (χ4n) is 1.73. The molecule has 3 nitrogen and oxygen atoms in total. The molecule has 0 spiro atoms. The molecule has 94 valence electrons. The lowest BCUT2D eigenvalue weighted by atomic mass is 10.1. The van der Waals surface area contributed by atoms with Gasteiger partial charge in [0, 0.05) is 13.0 Å². The normalized spacial score (nSPS) is 10.3. The van der Waals surface area contributed by atoms with E-state index in [1.54, 1.807) is 0 Å². The maximum absolute atomic E-state index is 10.9. The summed E-state index contributed by atoms with van der Waals surface area (Å²) in [4.78, 5) is 10.9. The van der Waals surface area contributed by atoms with Gasteiger partial charge in [-0.05, 0) is 37.9 Å². The van der Waals surface area contributed by atoms with Gasteiger partial charge in [-0.15, -0.1) is 0 Å². The highest BCUT2D eigenvalue weighted by molar-refractivity contribution is 5.69. The largest absolute Gasteiger partial charge is 0.469 e. The fraction of sp³-hybridized carbons (Fsp3) is 0.500. The van der Waals surface area contributed by atoms with E-state index >= 15 is 0 Å². The van der Waals surface area contributed by atoms with Gasteiger partial charge in [-0.1, -0.05) is 23.8 Å². The van der Waals surface area contributed by atoms with Gasteiger partial charge in [-0.3, -0.25) is 4.79 Å². The quantitative estimate of drug-likeness (QED) is 0.607. The molecule has 0 unspecified atom stereocenters. The molecule has 0 atom stereocenters. The van der Waals surface area contributed by atoms with Gasteiger partial charge in [0.15, 0.2) is 0 Å². The summed E-state index contributed by atoms with van der Waals surface area (Å²) in [5.41, 5.74) is 3.91. The van der Waals surface area contributed by atoms with Crippen LogP contribution >= 0.6 is 0 Å². The molecule has 17 heavy (non-hydrogen) atoms. The first-order valence-corrected chi connectivity index (χ1v) is 5.97. The minimum absolute atomic E-state index is 0.140. The van der Waals surface area contributed by atoms with Gasteiger partial charge < -0.3 is 10.1 Å². The lowest BCUT2D eigenvalue weighted by Gasteiger charge is -2.08. The zero-order valence-corrected chi connectivity index (χ0v) is 10.9. The van der Waals surface area contributed by atoms with E-state index < -0.39 is 0 Å². The Kier molecular flexibility index (Phi) is 5.70. The summed E-state index contributed by atoms with van der Waals surface area (Å²) in [6.07, 6.45) is 1.30. The van der Waals surface area contributed by atoms with Gasteiger partial charge in [-0.25, -0.2) is 0 Å². The molecular formula is C14H21NO2. The van der Waals surface area contributed by atoms with Gasteiger partial charge in [0.1, 0.15) is 0 Å². The summed E-state index contributed by atoms with van der Waals surface area (Å²) in [6, 6.07) is 6.46. The molecule has 1 N–H and O–H groups in total. The molecule has 0 aliphatic rings. The molecule has 0 fully saturated rings. The van der Waals surface area contributed by atoms with Crippen LogP contribution in [0.15, 0.2) is 18.2 Å². The molecule has 0 heterocycles. The third-order valence-electron chi connectivity index (χ3n) is 2.78. The average molecular weight is 235 g/mol. The minimum atomic E-state index is -0.140. The van der Waals surface area contributed by atoms with Crippen LogP contribution < -0.4 is 5.32 Å². The number of methoxy groups -OCH3 is 1. The van der Waals surface area contributed by atoms with Crippen molar-refractivity contribution in [2.24, 2.45) is 0 Å². The topological polar surface area (TPSA) is 38.3 Å². The van der Waals surface area contributed by atoms with Crippen LogP contribution in [0.2, 0.25) is 0 Å². The lowest BCUT2D eigenvalue weighted by molar-refractivity contribution is -0.140. The average Bonchev–Trinajstić information content (AvgIpc) is 2.30. The standard InChI is InChI=1S/C14H21NO2/c1-11-6-7-13(12(2)9-11)10-15-8-4-5-14(16)17-3/h6-7,9,15H,4-5,8,10H2,1-3H3. The molecular weight excluding hydrogens is 214 g/mol. The number of esters is 1. The Hall–Kier alpha value is -1.35. The second-order valence-corrected chi connectivity index (χ2v) is 4.29. The number of carbonyl (C=O) groups is 1. The number of hydrogen-bond donors (Lipinski definition) is 1. The fourth-order valence-corrected chi connectivity index (χ4v) is 1.73. The van der Waals surface area contributed by atoms with Crippen LogP contribution in [0.5, 0.6) is 0 Å². The second kappa shape index (κ2) is 7.07. The number of carbonyl (C=O) groups excluding carboxylic acids is 1. The first-order valence-electron chi connectivity index (χ1n) is 5.97. The van der Waals surface area contributed by atoms with Gasteiger partial charge >= 0.3 is 5.97 Å². The molecule has 0 saturated heterocycles. The van der Waals surface area contributed by atoms with Crippen LogP contribution in [0.4, 0.5) is 0 Å². The highest BCUT2D eigenvalue weighted by atomic mass is 16.5. The maximum atomic E-state index is 10.9. The van der Waals surface area contributed by atoms with Crippen molar-refractivity contribution in [2.75, 3.05) is 13.7 Å². The Labute approximate surface area is 103 Å². The summed E-state index contributed by atoms with van der Waals surface area (Å²) in [6.45, 7) is 5.91. The van der Waals surface area contributed by atoms with Crippen LogP contribution in [0.25, 0.3) is 0 Å². The minimum Gasteiger partial charge on any atom is -0.469 e. The lowest BCUT2D eigenvalue weighted by Crippen LogP contribution is -2.16. The molecule has 0 aliphatic carbocycles. The summed E-state index contributed by atoms with van der Waals surface area (Å²) in [5.74, 6) is -0.140. The molecule has 0 saturated carbocycles. The van der Waals surface area contributed by atoms with E-state index in [9.17, 15) is 4.79 Å². The van der Waals surface area contributed by atoms with Crippen molar-refractivity contribution in [3.63, 3.8) is 0 Å². The Bertz CT molecular complexity index is 374. The highest BCUT2D eigenvalue weighted by Crippen LogP contribution is 2.09. The summed E-state index contributed by atoms with van der Waals surface area (Å²) < 4.78 is 4.58. The molecule has 1 aromatic rings. The molecule has 0 bridgehead atoms. The molecule has 0 amide bonds. The highest BCUT2D eigenvalue weighted by Gasteiger charge is 2.00. The van der Waals surface area contributed by atoms with Crippen LogP contribution in [-0.2, 0) is 16.1 Å². The van der Waals surface area contributed by atoms with Crippen molar-refractivity contribution >= 4 is 5.97 Å². The van der Waals surface area contributed by atoms with Crippen molar-refractivity contribution in [2.45, 2.75) is 33.2 Å². The summed E-state index contributed by atoms with van der Waals surface area (Å²) in [5, 5.41) is 3.33. The number of benzene rings is 1. The number of rotatable bonds is 6. The molecule has 1 aromatic carbocycles. The van der Waals surface area contributed by atoms with Gasteiger partial charge in [0.25, 0.3) is 0 Å². The third-order valence-corrected chi connectivity index (χ3v) is 2.78. The summed E-state index contributed by atoms with van der Waals surface area (Å²) in [7, 11) is 1.42. The van der Waals surface area contributed by atoms with Gasteiger partial charge in [-0.2, -0.15) is 0 Å². The molecule has 0 aromatic heterocycles. The summed E-state index contributed by atoms with van der Waals surface area (Å²) >= 11 is 0. The van der Waals surface area contributed by atoms with E-state index in [-0.39, 0.29) is 5.97 Å². The van der Waals surface area contributed by atoms with E-state index in [1.165, 1.54) is 23.8 Å². The number of aryl methyl sites for hydroxylation is 2. The Morgan fingerprint density at radius 1 is 1.35 bits per heavy atom. The monoisotopic (exact) mass is 235 g/mol. The van der Waals surface area contributed by atoms with E-state index in [1.807, 2.05) is 0 Å². The SMILES string of the molecule is COC(=O)CCCNCc1ccc(C)cc1C. The van der Waals surface area contributed by atoms with Crippen LogP contribution in [0, 0.1) is 13.8 Å². The van der Waals surface area contributed by atoms with Crippen molar-refractivity contribution in [1.82, 2.24) is 5.32 Å². The molecule has 3 heteroatoms. The first-order chi connectivity index (χ1) is 8.13.